The predicted octanol–water partition coefficient (Wildman–Crippen LogP) is 2.69. The van der Waals surface area contributed by atoms with Crippen LogP contribution in [0.4, 0.5) is 0 Å². The summed E-state index contributed by atoms with van der Waals surface area (Å²) >= 11 is 0. The lowest BCUT2D eigenvalue weighted by atomic mass is 10.1. The molecule has 1 heterocycles. The number of ether oxygens (including phenoxy) is 1. The first-order chi connectivity index (χ1) is 10.1. The fourth-order valence-corrected chi connectivity index (χ4v) is 2.04. The van der Waals surface area contributed by atoms with E-state index in [2.05, 4.69) is 10.3 Å². The van der Waals surface area contributed by atoms with E-state index in [1.54, 1.807) is 12.4 Å². The zero-order valence-electron chi connectivity index (χ0n) is 12.5. The minimum Gasteiger partial charge on any atom is -0.491 e. The molecule has 1 unspecified atom stereocenters. The molecule has 2 aromatic rings. The van der Waals surface area contributed by atoms with Crippen molar-refractivity contribution in [1.29, 1.82) is 0 Å². The van der Waals surface area contributed by atoms with Crippen LogP contribution in [0.25, 0.3) is 0 Å². The average Bonchev–Trinajstić information content (AvgIpc) is 2.48. The van der Waals surface area contributed by atoms with Gasteiger partial charge in [-0.25, -0.2) is 0 Å². The predicted molar refractivity (Wildman–Crippen MR) is 83.1 cm³/mol. The molecule has 0 spiro atoms. The van der Waals surface area contributed by atoms with E-state index >= 15 is 0 Å². The Bertz CT molecular complexity index is 543. The zero-order valence-corrected chi connectivity index (χ0v) is 12.5. The summed E-state index contributed by atoms with van der Waals surface area (Å²) in [5.74, 6) is 0.788. The minimum atomic E-state index is -0.553. The van der Waals surface area contributed by atoms with Crippen LogP contribution in [0.5, 0.6) is 5.75 Å². The normalized spacial score (nSPS) is 12.4. The van der Waals surface area contributed by atoms with Gasteiger partial charge < -0.3 is 15.2 Å². The molecule has 4 nitrogen and oxygen atoms in total. The van der Waals surface area contributed by atoms with Crippen LogP contribution >= 0.6 is 0 Å². The van der Waals surface area contributed by atoms with Gasteiger partial charge in [0.15, 0.2) is 0 Å². The third kappa shape index (κ3) is 5.17. The maximum absolute atomic E-state index is 10.2. The first kappa shape index (κ1) is 15.5. The lowest BCUT2D eigenvalue weighted by Crippen LogP contribution is -2.21. The van der Waals surface area contributed by atoms with Crippen molar-refractivity contribution in [3.05, 3.63) is 59.9 Å². The second-order valence-corrected chi connectivity index (χ2v) is 5.24. The van der Waals surface area contributed by atoms with Crippen molar-refractivity contribution in [1.82, 2.24) is 10.3 Å². The number of nitrogens with one attached hydrogen (secondary N) is 1. The Morgan fingerprint density at radius 1 is 1.19 bits per heavy atom. The smallest absolute Gasteiger partial charge is 0.120 e. The number of aliphatic hydroxyl groups excluding tert-OH is 1. The van der Waals surface area contributed by atoms with Gasteiger partial charge in [-0.3, -0.25) is 4.98 Å². The van der Waals surface area contributed by atoms with E-state index in [9.17, 15) is 5.11 Å². The van der Waals surface area contributed by atoms with Crippen LogP contribution in [-0.2, 0) is 6.54 Å². The first-order valence-corrected chi connectivity index (χ1v) is 7.19. The molecule has 0 saturated heterocycles. The van der Waals surface area contributed by atoms with E-state index < -0.39 is 6.10 Å². The van der Waals surface area contributed by atoms with Gasteiger partial charge in [0.2, 0.25) is 0 Å². The van der Waals surface area contributed by atoms with Crippen molar-refractivity contribution >= 4 is 0 Å². The second kappa shape index (κ2) is 7.76. The van der Waals surface area contributed by atoms with Crippen LogP contribution in [0.1, 0.15) is 31.1 Å². The Hall–Kier alpha value is -1.91. The summed E-state index contributed by atoms with van der Waals surface area (Å²) in [7, 11) is 0. The lowest BCUT2D eigenvalue weighted by Gasteiger charge is -2.15. The van der Waals surface area contributed by atoms with Gasteiger partial charge >= 0.3 is 0 Å². The van der Waals surface area contributed by atoms with Crippen molar-refractivity contribution < 1.29 is 9.84 Å². The third-order valence-corrected chi connectivity index (χ3v) is 3.03. The maximum atomic E-state index is 10.2. The molecule has 2 rings (SSSR count). The second-order valence-electron chi connectivity index (χ2n) is 5.24. The maximum Gasteiger partial charge on any atom is 0.120 e. The van der Waals surface area contributed by atoms with Gasteiger partial charge in [-0.1, -0.05) is 12.1 Å². The van der Waals surface area contributed by atoms with Crippen LogP contribution < -0.4 is 10.1 Å². The van der Waals surface area contributed by atoms with Gasteiger partial charge in [0.1, 0.15) is 5.75 Å². The molecule has 1 aromatic heterocycles. The summed E-state index contributed by atoms with van der Waals surface area (Å²) in [6.07, 6.45) is 3.10. The van der Waals surface area contributed by atoms with Crippen molar-refractivity contribution in [2.24, 2.45) is 0 Å². The standard InChI is InChI=1S/C17H22N2O2/c1-13(2)21-16-5-3-4-15(10-16)17(20)12-19-11-14-6-8-18-9-7-14/h3-10,13,17,19-20H,11-12H2,1-2H3. The fourth-order valence-electron chi connectivity index (χ4n) is 2.04. The Kier molecular flexibility index (Phi) is 5.72. The lowest BCUT2D eigenvalue weighted by molar-refractivity contribution is 0.173. The molecule has 1 atom stereocenters. The number of rotatable bonds is 7. The highest BCUT2D eigenvalue weighted by Crippen LogP contribution is 2.20. The number of pyridine rings is 1. The monoisotopic (exact) mass is 286 g/mol. The molecule has 4 heteroatoms. The Morgan fingerprint density at radius 2 is 1.95 bits per heavy atom. The Labute approximate surface area is 125 Å². The number of hydrogen-bond donors (Lipinski definition) is 2. The van der Waals surface area contributed by atoms with Crippen LogP contribution in [0.2, 0.25) is 0 Å². The van der Waals surface area contributed by atoms with Gasteiger partial charge in [-0.15, -0.1) is 0 Å². The van der Waals surface area contributed by atoms with Gasteiger partial charge in [-0.05, 0) is 49.2 Å². The topological polar surface area (TPSA) is 54.4 Å². The molecule has 0 amide bonds. The molecule has 1 aromatic carbocycles. The highest BCUT2D eigenvalue weighted by atomic mass is 16.5. The molecule has 0 saturated carbocycles. The van der Waals surface area contributed by atoms with E-state index in [4.69, 9.17) is 4.74 Å². The minimum absolute atomic E-state index is 0.127. The fraction of sp³-hybridized carbons (Fsp3) is 0.353. The summed E-state index contributed by atoms with van der Waals surface area (Å²) in [6, 6.07) is 11.5. The molecule has 0 aliphatic heterocycles. The van der Waals surface area contributed by atoms with E-state index in [0.717, 1.165) is 16.9 Å². The summed E-state index contributed by atoms with van der Waals surface area (Å²) < 4.78 is 5.64. The molecule has 0 aliphatic rings. The van der Waals surface area contributed by atoms with Crippen LogP contribution in [-0.4, -0.2) is 22.7 Å². The highest BCUT2D eigenvalue weighted by Gasteiger charge is 2.08. The molecule has 0 aliphatic carbocycles. The molecule has 2 N–H and O–H groups in total. The van der Waals surface area contributed by atoms with E-state index in [0.29, 0.717) is 13.1 Å². The van der Waals surface area contributed by atoms with Crippen molar-refractivity contribution in [2.75, 3.05) is 6.54 Å². The molecule has 0 fully saturated rings. The number of benzene rings is 1. The highest BCUT2D eigenvalue weighted by molar-refractivity contribution is 5.30. The molecule has 0 bridgehead atoms. The summed E-state index contributed by atoms with van der Waals surface area (Å²) in [4.78, 5) is 3.98. The van der Waals surface area contributed by atoms with E-state index in [1.165, 1.54) is 0 Å². The number of hydrogen-bond acceptors (Lipinski definition) is 4. The third-order valence-electron chi connectivity index (χ3n) is 3.03. The zero-order chi connectivity index (χ0) is 15.1. The average molecular weight is 286 g/mol. The molecule has 21 heavy (non-hydrogen) atoms. The van der Waals surface area contributed by atoms with Crippen molar-refractivity contribution in [3.63, 3.8) is 0 Å². The Morgan fingerprint density at radius 3 is 2.67 bits per heavy atom. The van der Waals surface area contributed by atoms with Crippen LogP contribution in [0.15, 0.2) is 48.8 Å². The number of nitrogens with zero attached hydrogens (tertiary/aromatic N) is 1. The largest absolute Gasteiger partial charge is 0.491 e. The van der Waals surface area contributed by atoms with Crippen LogP contribution in [0, 0.1) is 0 Å². The van der Waals surface area contributed by atoms with E-state index in [-0.39, 0.29) is 6.10 Å². The van der Waals surface area contributed by atoms with Gasteiger partial charge in [-0.2, -0.15) is 0 Å². The number of aromatic nitrogens is 1. The van der Waals surface area contributed by atoms with Crippen molar-refractivity contribution in [3.8, 4) is 5.75 Å². The molecule has 0 radical (unpaired) electrons. The van der Waals surface area contributed by atoms with Gasteiger partial charge in [0.05, 0.1) is 12.2 Å². The van der Waals surface area contributed by atoms with Gasteiger partial charge in [0, 0.05) is 25.5 Å². The van der Waals surface area contributed by atoms with E-state index in [1.807, 2.05) is 50.2 Å². The quantitative estimate of drug-likeness (QED) is 0.821. The summed E-state index contributed by atoms with van der Waals surface area (Å²) in [6.45, 7) is 5.17. The molecular weight excluding hydrogens is 264 g/mol. The summed E-state index contributed by atoms with van der Waals surface area (Å²) in [5.41, 5.74) is 2.00. The number of aliphatic hydroxyl groups is 1. The van der Waals surface area contributed by atoms with Crippen LogP contribution in [0.3, 0.4) is 0 Å². The first-order valence-electron chi connectivity index (χ1n) is 7.19. The van der Waals surface area contributed by atoms with Crippen molar-refractivity contribution in [2.45, 2.75) is 32.6 Å². The van der Waals surface area contributed by atoms with Gasteiger partial charge in [0.25, 0.3) is 0 Å². The molecule has 112 valence electrons. The summed E-state index contributed by atoms with van der Waals surface area (Å²) in [5, 5.41) is 13.5. The molecular formula is C17H22N2O2. The Balaban J connectivity index is 1.86. The SMILES string of the molecule is CC(C)Oc1cccc(C(O)CNCc2ccncc2)c1.